The zero-order valence-electron chi connectivity index (χ0n) is 16.2. The molecule has 0 aromatic heterocycles. The van der Waals surface area contributed by atoms with Crippen LogP contribution in [0.2, 0.25) is 10.0 Å². The average Bonchev–Trinajstić information content (AvgIpc) is 2.70. The van der Waals surface area contributed by atoms with Crippen LogP contribution in [0.25, 0.3) is 0 Å². The minimum absolute atomic E-state index is 0.147. The van der Waals surface area contributed by atoms with Crippen molar-refractivity contribution in [1.29, 1.82) is 0 Å². The summed E-state index contributed by atoms with van der Waals surface area (Å²) in [6.07, 6.45) is 0.675. The number of nitrogens with zero attached hydrogens (tertiary/aromatic N) is 1. The molecule has 1 N–H and O–H groups in total. The van der Waals surface area contributed by atoms with Crippen molar-refractivity contribution in [3.8, 4) is 5.75 Å². The van der Waals surface area contributed by atoms with Crippen molar-refractivity contribution < 1.29 is 14.3 Å². The summed E-state index contributed by atoms with van der Waals surface area (Å²) < 4.78 is 5.15. The van der Waals surface area contributed by atoms with Crippen molar-refractivity contribution >= 4 is 35.0 Å². The third-order valence-electron chi connectivity index (χ3n) is 4.48. The molecule has 0 fully saturated rings. The van der Waals surface area contributed by atoms with Crippen LogP contribution >= 0.6 is 23.2 Å². The van der Waals surface area contributed by atoms with Gasteiger partial charge in [-0.2, -0.15) is 0 Å². The molecule has 5 nitrogen and oxygen atoms in total. The van der Waals surface area contributed by atoms with Crippen molar-refractivity contribution in [3.63, 3.8) is 0 Å². The highest BCUT2D eigenvalue weighted by molar-refractivity contribution is 6.42. The maximum atomic E-state index is 13.1. The number of amides is 2. The number of ether oxygens (including phenoxy) is 1. The minimum Gasteiger partial charge on any atom is -0.497 e. The molecule has 0 radical (unpaired) electrons. The van der Waals surface area contributed by atoms with Gasteiger partial charge in [0.2, 0.25) is 11.8 Å². The minimum atomic E-state index is -0.579. The highest BCUT2D eigenvalue weighted by Gasteiger charge is 2.28. The Kier molecular flexibility index (Phi) is 8.15. The Balaban J connectivity index is 2.28. The van der Waals surface area contributed by atoms with Crippen molar-refractivity contribution in [1.82, 2.24) is 10.2 Å². The number of likely N-dealkylation sites (N-methyl/N-ethyl adjacent to an activating group) is 1. The number of hydrogen-bond acceptors (Lipinski definition) is 3. The smallest absolute Gasteiger partial charge is 0.242 e. The van der Waals surface area contributed by atoms with E-state index in [2.05, 4.69) is 5.32 Å². The Morgan fingerprint density at radius 1 is 1.07 bits per heavy atom. The fraction of sp³-hybridized carbons (Fsp3) is 0.333. The summed E-state index contributed by atoms with van der Waals surface area (Å²) in [5, 5.41) is 3.50. The van der Waals surface area contributed by atoms with Crippen LogP contribution in [-0.4, -0.2) is 36.9 Å². The molecule has 0 saturated heterocycles. The Hall–Kier alpha value is -2.24. The first-order chi connectivity index (χ1) is 13.4. The quantitative estimate of drug-likeness (QED) is 0.696. The highest BCUT2D eigenvalue weighted by atomic mass is 35.5. The molecule has 0 heterocycles. The second-order valence-electron chi connectivity index (χ2n) is 6.33. The third-order valence-corrected chi connectivity index (χ3v) is 5.22. The maximum absolute atomic E-state index is 13.1. The summed E-state index contributed by atoms with van der Waals surface area (Å²) in [5.41, 5.74) is 1.65. The number of rotatable bonds is 8. The third kappa shape index (κ3) is 5.63. The Morgan fingerprint density at radius 2 is 1.71 bits per heavy atom. The first kappa shape index (κ1) is 22.1. The van der Waals surface area contributed by atoms with Gasteiger partial charge in [0.15, 0.2) is 0 Å². The van der Waals surface area contributed by atoms with Crippen LogP contribution in [0.3, 0.4) is 0 Å². The van der Waals surface area contributed by atoms with Gasteiger partial charge in [-0.05, 0) is 41.8 Å². The normalized spacial score (nSPS) is 11.6. The van der Waals surface area contributed by atoms with E-state index >= 15 is 0 Å². The summed E-state index contributed by atoms with van der Waals surface area (Å²) in [7, 11) is 3.16. The van der Waals surface area contributed by atoms with Crippen LogP contribution in [0, 0.1) is 0 Å². The van der Waals surface area contributed by atoms with Crippen molar-refractivity contribution in [3.05, 3.63) is 63.6 Å². The standard InChI is InChI=1S/C21H24Cl2N2O3/c1-4-19(21(27)24-2)25(13-15-7-10-17(22)18(23)11-15)20(26)12-14-5-8-16(28-3)9-6-14/h5-11,19H,4,12-13H2,1-3H3,(H,24,27)/t19-/m1/s1. The van der Waals surface area contributed by atoms with E-state index in [1.165, 1.54) is 0 Å². The molecule has 0 aliphatic rings. The average molecular weight is 423 g/mol. The lowest BCUT2D eigenvalue weighted by Crippen LogP contribution is -2.48. The number of benzene rings is 2. The lowest BCUT2D eigenvalue weighted by Gasteiger charge is -2.30. The predicted molar refractivity (Wildman–Crippen MR) is 112 cm³/mol. The van der Waals surface area contributed by atoms with Gasteiger partial charge in [-0.15, -0.1) is 0 Å². The highest BCUT2D eigenvalue weighted by Crippen LogP contribution is 2.24. The largest absolute Gasteiger partial charge is 0.497 e. The molecule has 0 spiro atoms. The van der Waals surface area contributed by atoms with Gasteiger partial charge < -0.3 is 15.0 Å². The van der Waals surface area contributed by atoms with Gasteiger partial charge >= 0.3 is 0 Å². The van der Waals surface area contributed by atoms with Crippen LogP contribution in [-0.2, 0) is 22.6 Å². The second-order valence-corrected chi connectivity index (χ2v) is 7.15. The first-order valence-electron chi connectivity index (χ1n) is 8.97. The lowest BCUT2D eigenvalue weighted by atomic mass is 10.1. The summed E-state index contributed by atoms with van der Waals surface area (Å²) in [4.78, 5) is 27.1. The van der Waals surface area contributed by atoms with Gasteiger partial charge in [0, 0.05) is 13.6 Å². The molecule has 0 saturated carbocycles. The molecule has 2 aromatic rings. The topological polar surface area (TPSA) is 58.6 Å². The molecular weight excluding hydrogens is 399 g/mol. The molecule has 28 heavy (non-hydrogen) atoms. The van der Waals surface area contributed by atoms with Crippen LogP contribution in [0.4, 0.5) is 0 Å². The van der Waals surface area contributed by atoms with Crippen LogP contribution in [0.15, 0.2) is 42.5 Å². The van der Waals surface area contributed by atoms with E-state index in [9.17, 15) is 9.59 Å². The first-order valence-corrected chi connectivity index (χ1v) is 9.73. The van der Waals surface area contributed by atoms with E-state index in [0.29, 0.717) is 16.5 Å². The molecular formula is C21H24Cl2N2O3. The molecule has 0 aliphatic carbocycles. The summed E-state index contributed by atoms with van der Waals surface area (Å²) in [6, 6.07) is 11.9. The fourth-order valence-electron chi connectivity index (χ4n) is 2.94. The molecule has 2 rings (SSSR count). The van der Waals surface area contributed by atoms with Crippen LogP contribution in [0.5, 0.6) is 5.75 Å². The molecule has 0 bridgehead atoms. The number of methoxy groups -OCH3 is 1. The lowest BCUT2D eigenvalue weighted by molar-refractivity contribution is -0.140. The SMILES string of the molecule is CC[C@H](C(=O)NC)N(Cc1ccc(Cl)c(Cl)c1)C(=O)Cc1ccc(OC)cc1. The van der Waals surface area contributed by atoms with E-state index in [1.807, 2.05) is 31.2 Å². The van der Waals surface area contributed by atoms with Crippen molar-refractivity contribution in [2.45, 2.75) is 32.4 Å². The fourth-order valence-corrected chi connectivity index (χ4v) is 3.26. The Bertz CT molecular complexity index is 825. The van der Waals surface area contributed by atoms with E-state index in [-0.39, 0.29) is 24.8 Å². The molecule has 7 heteroatoms. The van der Waals surface area contributed by atoms with E-state index in [4.69, 9.17) is 27.9 Å². The molecule has 2 aromatic carbocycles. The van der Waals surface area contributed by atoms with E-state index in [0.717, 1.165) is 16.9 Å². The monoisotopic (exact) mass is 422 g/mol. The maximum Gasteiger partial charge on any atom is 0.242 e. The molecule has 150 valence electrons. The summed E-state index contributed by atoms with van der Waals surface area (Å²) in [5.74, 6) is 0.373. The summed E-state index contributed by atoms with van der Waals surface area (Å²) >= 11 is 12.1. The number of hydrogen-bond donors (Lipinski definition) is 1. The summed E-state index contributed by atoms with van der Waals surface area (Å²) in [6.45, 7) is 2.14. The van der Waals surface area contributed by atoms with E-state index < -0.39 is 6.04 Å². The molecule has 0 aliphatic heterocycles. The van der Waals surface area contributed by atoms with Gasteiger partial charge in [-0.3, -0.25) is 9.59 Å². The number of nitrogens with one attached hydrogen (secondary N) is 1. The van der Waals surface area contributed by atoms with Crippen molar-refractivity contribution in [2.24, 2.45) is 0 Å². The predicted octanol–water partition coefficient (Wildman–Crippen LogP) is 4.10. The number of halogens is 2. The Morgan fingerprint density at radius 3 is 2.25 bits per heavy atom. The molecule has 0 unspecified atom stereocenters. The zero-order chi connectivity index (χ0) is 20.7. The van der Waals surface area contributed by atoms with Crippen LogP contribution in [0.1, 0.15) is 24.5 Å². The Labute approximate surface area is 175 Å². The number of carbonyl (C=O) groups is 2. The second kappa shape index (κ2) is 10.3. The van der Waals surface area contributed by atoms with E-state index in [1.54, 1.807) is 37.3 Å². The van der Waals surface area contributed by atoms with Crippen LogP contribution < -0.4 is 10.1 Å². The molecule has 1 atom stereocenters. The number of carbonyl (C=O) groups excluding carboxylic acids is 2. The van der Waals surface area contributed by atoms with Gasteiger partial charge in [-0.25, -0.2) is 0 Å². The van der Waals surface area contributed by atoms with Gasteiger partial charge in [0.05, 0.1) is 23.6 Å². The van der Waals surface area contributed by atoms with Gasteiger partial charge in [0.25, 0.3) is 0 Å². The zero-order valence-corrected chi connectivity index (χ0v) is 17.7. The van der Waals surface area contributed by atoms with Gasteiger partial charge in [0.1, 0.15) is 11.8 Å². The van der Waals surface area contributed by atoms with Gasteiger partial charge in [-0.1, -0.05) is 48.3 Å². The molecule has 2 amide bonds. The van der Waals surface area contributed by atoms with Crippen molar-refractivity contribution in [2.75, 3.05) is 14.2 Å².